The summed E-state index contributed by atoms with van der Waals surface area (Å²) in [4.78, 5) is 28.1. The zero-order valence-electron chi connectivity index (χ0n) is 17.9. The van der Waals surface area contributed by atoms with Crippen molar-refractivity contribution in [2.24, 2.45) is 5.92 Å². The van der Waals surface area contributed by atoms with Crippen molar-refractivity contribution in [3.8, 4) is 0 Å². The summed E-state index contributed by atoms with van der Waals surface area (Å²) in [6.45, 7) is 4.68. The minimum Gasteiger partial charge on any atom is -0.394 e. The van der Waals surface area contributed by atoms with Crippen LogP contribution in [-0.4, -0.2) is 67.8 Å². The Morgan fingerprint density at radius 1 is 1.33 bits per heavy atom. The van der Waals surface area contributed by atoms with E-state index in [0.29, 0.717) is 19.5 Å². The average molecular weight is 416 g/mol. The number of benzene rings is 1. The van der Waals surface area contributed by atoms with E-state index in [1.54, 1.807) is 16.9 Å². The van der Waals surface area contributed by atoms with Gasteiger partial charge < -0.3 is 25.0 Å². The third kappa shape index (κ3) is 5.28. The molecule has 2 heterocycles. The van der Waals surface area contributed by atoms with Crippen molar-refractivity contribution in [1.82, 2.24) is 10.2 Å². The molecule has 1 aromatic rings. The SMILES string of the molecule is CO[C@@H](c1ccc(N2CCNCC2=O)cc1)[C@@H](C)/C=C/CC(=O)N1CCC[C@H]1CO. The number of methoxy groups -OCH3 is 1. The van der Waals surface area contributed by atoms with Crippen LogP contribution in [0.5, 0.6) is 0 Å². The minimum absolute atomic E-state index is 0.0314. The molecule has 0 unspecified atom stereocenters. The number of aliphatic hydroxyl groups is 1. The molecule has 164 valence electrons. The normalized spacial score (nSPS) is 22.0. The fourth-order valence-corrected chi connectivity index (χ4v) is 4.33. The topological polar surface area (TPSA) is 82.1 Å². The Bertz CT molecular complexity index is 749. The Balaban J connectivity index is 1.58. The lowest BCUT2D eigenvalue weighted by molar-refractivity contribution is -0.131. The maximum atomic E-state index is 12.4. The molecule has 2 amide bonds. The summed E-state index contributed by atoms with van der Waals surface area (Å²) in [5.41, 5.74) is 1.94. The fourth-order valence-electron chi connectivity index (χ4n) is 4.33. The largest absolute Gasteiger partial charge is 0.394 e. The van der Waals surface area contributed by atoms with E-state index in [1.165, 1.54) is 0 Å². The second kappa shape index (κ2) is 10.7. The Morgan fingerprint density at radius 2 is 2.10 bits per heavy atom. The number of piperazine rings is 1. The smallest absolute Gasteiger partial charge is 0.240 e. The molecule has 2 N–H and O–H groups in total. The van der Waals surface area contributed by atoms with Gasteiger partial charge in [0, 0.05) is 44.8 Å². The van der Waals surface area contributed by atoms with Crippen molar-refractivity contribution in [1.29, 1.82) is 0 Å². The van der Waals surface area contributed by atoms with Crippen molar-refractivity contribution in [2.45, 2.75) is 38.3 Å². The zero-order valence-corrected chi connectivity index (χ0v) is 17.9. The van der Waals surface area contributed by atoms with Crippen LogP contribution < -0.4 is 10.2 Å². The third-order valence-electron chi connectivity index (χ3n) is 5.99. The molecule has 7 heteroatoms. The van der Waals surface area contributed by atoms with E-state index in [9.17, 15) is 14.7 Å². The first-order valence-electron chi connectivity index (χ1n) is 10.8. The number of hydrogen-bond acceptors (Lipinski definition) is 5. The van der Waals surface area contributed by atoms with Crippen molar-refractivity contribution in [2.75, 3.05) is 44.8 Å². The molecule has 0 aliphatic carbocycles. The van der Waals surface area contributed by atoms with Gasteiger partial charge in [0.05, 0.1) is 25.3 Å². The monoisotopic (exact) mass is 415 g/mol. The molecule has 7 nitrogen and oxygen atoms in total. The number of carbonyl (C=O) groups is 2. The summed E-state index contributed by atoms with van der Waals surface area (Å²) >= 11 is 0. The summed E-state index contributed by atoms with van der Waals surface area (Å²) in [5, 5.41) is 12.5. The van der Waals surface area contributed by atoms with Gasteiger partial charge in [-0.2, -0.15) is 0 Å². The predicted octanol–water partition coefficient (Wildman–Crippen LogP) is 1.88. The third-order valence-corrected chi connectivity index (χ3v) is 5.99. The van der Waals surface area contributed by atoms with Crippen LogP contribution >= 0.6 is 0 Å². The highest BCUT2D eigenvalue weighted by Crippen LogP contribution is 2.29. The molecular formula is C23H33N3O4. The maximum absolute atomic E-state index is 12.4. The van der Waals surface area contributed by atoms with Gasteiger partial charge in [0.25, 0.3) is 0 Å². The Labute approximate surface area is 178 Å². The lowest BCUT2D eigenvalue weighted by Gasteiger charge is -2.28. The van der Waals surface area contributed by atoms with Gasteiger partial charge in [0.2, 0.25) is 11.8 Å². The first-order chi connectivity index (χ1) is 14.5. The molecule has 2 aliphatic rings. The van der Waals surface area contributed by atoms with Gasteiger partial charge in [-0.1, -0.05) is 31.2 Å². The standard InChI is InChI=1S/C23H33N3O4/c1-17(5-3-7-21(28)25-13-4-6-20(25)16-27)23(30-2)18-8-10-19(11-9-18)26-14-12-24-15-22(26)29/h3,5,8-11,17,20,23-24,27H,4,6-7,12-16H2,1-2H3/b5-3+/t17-,20-,23+/m0/s1. The molecule has 2 saturated heterocycles. The summed E-state index contributed by atoms with van der Waals surface area (Å²) in [7, 11) is 1.68. The van der Waals surface area contributed by atoms with Crippen molar-refractivity contribution in [3.63, 3.8) is 0 Å². The van der Waals surface area contributed by atoms with Gasteiger partial charge in [-0.05, 0) is 30.5 Å². The van der Waals surface area contributed by atoms with E-state index >= 15 is 0 Å². The molecule has 0 spiro atoms. The van der Waals surface area contributed by atoms with Crippen LogP contribution in [0.15, 0.2) is 36.4 Å². The molecule has 0 aromatic heterocycles. The maximum Gasteiger partial charge on any atom is 0.240 e. The second-order valence-electron chi connectivity index (χ2n) is 8.03. The number of rotatable bonds is 8. The van der Waals surface area contributed by atoms with Gasteiger partial charge in [0.15, 0.2) is 0 Å². The number of nitrogens with zero attached hydrogens (tertiary/aromatic N) is 2. The number of nitrogens with one attached hydrogen (secondary N) is 1. The van der Waals surface area contributed by atoms with Crippen LogP contribution in [0.1, 0.15) is 37.9 Å². The Morgan fingerprint density at radius 3 is 2.77 bits per heavy atom. The predicted molar refractivity (Wildman–Crippen MR) is 116 cm³/mol. The second-order valence-corrected chi connectivity index (χ2v) is 8.03. The number of aliphatic hydroxyl groups excluding tert-OH is 1. The number of anilines is 1. The van der Waals surface area contributed by atoms with Crippen LogP contribution in [0, 0.1) is 5.92 Å². The van der Waals surface area contributed by atoms with Crippen LogP contribution in [0.4, 0.5) is 5.69 Å². The number of likely N-dealkylation sites (tertiary alicyclic amines) is 1. The molecule has 1 aromatic carbocycles. The van der Waals surface area contributed by atoms with E-state index in [2.05, 4.69) is 12.2 Å². The summed E-state index contributed by atoms with van der Waals surface area (Å²) < 4.78 is 5.73. The quantitative estimate of drug-likeness (QED) is 0.634. The highest BCUT2D eigenvalue weighted by Gasteiger charge is 2.27. The lowest BCUT2D eigenvalue weighted by Crippen LogP contribution is -2.48. The van der Waals surface area contributed by atoms with E-state index in [-0.39, 0.29) is 36.5 Å². The molecule has 30 heavy (non-hydrogen) atoms. The number of hydrogen-bond donors (Lipinski definition) is 2. The zero-order chi connectivity index (χ0) is 21.5. The lowest BCUT2D eigenvalue weighted by atomic mass is 9.96. The van der Waals surface area contributed by atoms with Crippen LogP contribution in [0.2, 0.25) is 0 Å². The van der Waals surface area contributed by atoms with E-state index in [1.807, 2.05) is 36.4 Å². The number of ether oxygens (including phenoxy) is 1. The number of amides is 2. The van der Waals surface area contributed by atoms with Gasteiger partial charge in [-0.15, -0.1) is 0 Å². The summed E-state index contributed by atoms with van der Waals surface area (Å²) in [6, 6.07) is 7.91. The molecule has 2 aliphatic heterocycles. The van der Waals surface area contributed by atoms with E-state index in [0.717, 1.165) is 37.2 Å². The van der Waals surface area contributed by atoms with Crippen LogP contribution in [0.25, 0.3) is 0 Å². The molecule has 0 saturated carbocycles. The molecular weight excluding hydrogens is 382 g/mol. The van der Waals surface area contributed by atoms with E-state index in [4.69, 9.17) is 4.74 Å². The first kappa shape index (κ1) is 22.5. The van der Waals surface area contributed by atoms with Crippen molar-refractivity contribution in [3.05, 3.63) is 42.0 Å². The van der Waals surface area contributed by atoms with E-state index < -0.39 is 0 Å². The average Bonchev–Trinajstić information content (AvgIpc) is 3.24. The first-order valence-corrected chi connectivity index (χ1v) is 10.8. The molecule has 3 rings (SSSR count). The van der Waals surface area contributed by atoms with Gasteiger partial charge in [-0.25, -0.2) is 0 Å². The number of carbonyl (C=O) groups excluding carboxylic acids is 2. The molecule has 0 radical (unpaired) electrons. The van der Waals surface area contributed by atoms with Crippen molar-refractivity contribution < 1.29 is 19.4 Å². The summed E-state index contributed by atoms with van der Waals surface area (Å²) in [5.74, 6) is 0.232. The fraction of sp³-hybridized carbons (Fsp3) is 0.565. The van der Waals surface area contributed by atoms with Crippen LogP contribution in [-0.2, 0) is 14.3 Å². The molecule has 0 bridgehead atoms. The molecule has 2 fully saturated rings. The Kier molecular flexibility index (Phi) is 8.01. The van der Waals surface area contributed by atoms with Gasteiger partial charge in [0.1, 0.15) is 0 Å². The highest BCUT2D eigenvalue weighted by molar-refractivity contribution is 5.95. The van der Waals surface area contributed by atoms with Gasteiger partial charge >= 0.3 is 0 Å². The molecule has 3 atom stereocenters. The van der Waals surface area contributed by atoms with Crippen LogP contribution in [0.3, 0.4) is 0 Å². The minimum atomic E-state index is -0.138. The summed E-state index contributed by atoms with van der Waals surface area (Å²) in [6.07, 6.45) is 5.95. The highest BCUT2D eigenvalue weighted by atomic mass is 16.5. The Hall–Kier alpha value is -2.22. The van der Waals surface area contributed by atoms with Crippen molar-refractivity contribution >= 4 is 17.5 Å². The van der Waals surface area contributed by atoms with Gasteiger partial charge in [-0.3, -0.25) is 9.59 Å².